The minimum atomic E-state index is 0.00979. The summed E-state index contributed by atoms with van der Waals surface area (Å²) >= 11 is 0. The zero-order chi connectivity index (χ0) is 25.7. The second kappa shape index (κ2) is 9.18. The highest BCUT2D eigenvalue weighted by molar-refractivity contribution is 5.98. The average Bonchev–Trinajstić information content (AvgIpc) is 3.13. The second-order valence-electron chi connectivity index (χ2n) is 11.6. The zero-order valence-electron chi connectivity index (χ0n) is 23.3. The van der Waals surface area contributed by atoms with Gasteiger partial charge in [0.05, 0.1) is 10.9 Å². The lowest BCUT2D eigenvalue weighted by atomic mass is 9.70. The fraction of sp³-hybridized carbons (Fsp3) is 0.400. The van der Waals surface area contributed by atoms with Gasteiger partial charge in [-0.15, -0.1) is 0 Å². The third kappa shape index (κ3) is 3.62. The summed E-state index contributed by atoms with van der Waals surface area (Å²) in [6.07, 6.45) is 8.10. The molecule has 0 fully saturated rings. The minimum absolute atomic E-state index is 0.00979. The first-order valence-electron chi connectivity index (χ1n) is 14.0. The van der Waals surface area contributed by atoms with Gasteiger partial charge in [0.1, 0.15) is 7.05 Å². The molecule has 1 nitrogen and oxygen atoms in total. The molecule has 0 atom stereocenters. The van der Waals surface area contributed by atoms with Crippen LogP contribution in [0.4, 0.5) is 0 Å². The van der Waals surface area contributed by atoms with Gasteiger partial charge < -0.3 is 0 Å². The Morgan fingerprint density at radius 2 is 1.53 bits per heavy atom. The largest absolute Gasteiger partial charge is 0.220 e. The molecule has 1 heteroatoms. The molecule has 0 bridgehead atoms. The van der Waals surface area contributed by atoms with Crippen molar-refractivity contribution >= 4 is 10.8 Å². The van der Waals surface area contributed by atoms with E-state index in [1.165, 1.54) is 68.3 Å². The van der Waals surface area contributed by atoms with Crippen molar-refractivity contribution in [2.24, 2.45) is 7.05 Å². The molecule has 36 heavy (non-hydrogen) atoms. The number of benzene rings is 3. The van der Waals surface area contributed by atoms with Crippen molar-refractivity contribution in [3.05, 3.63) is 89.1 Å². The molecule has 3 aromatic carbocycles. The predicted molar refractivity (Wildman–Crippen MR) is 155 cm³/mol. The first-order chi connectivity index (χ1) is 17.3. The van der Waals surface area contributed by atoms with Gasteiger partial charge in [-0.2, -0.15) is 0 Å². The van der Waals surface area contributed by atoms with E-state index in [0.717, 1.165) is 19.3 Å². The molecular formula is C35H42N+. The summed E-state index contributed by atoms with van der Waals surface area (Å²) in [5.41, 5.74) is 11.7. The molecule has 0 radical (unpaired) electrons. The highest BCUT2D eigenvalue weighted by Gasteiger charge is 2.41. The topological polar surface area (TPSA) is 3.88 Å². The molecule has 0 saturated heterocycles. The number of fused-ring (bicyclic) bond motifs is 4. The van der Waals surface area contributed by atoms with E-state index < -0.39 is 0 Å². The summed E-state index contributed by atoms with van der Waals surface area (Å²) in [6.45, 7) is 14.3. The number of aryl methyl sites for hydroxylation is 2. The van der Waals surface area contributed by atoms with Gasteiger partial charge in [0.15, 0.2) is 6.20 Å². The normalized spacial score (nSPS) is 14.2. The van der Waals surface area contributed by atoms with Crippen LogP contribution in [0.15, 0.2) is 66.9 Å². The van der Waals surface area contributed by atoms with E-state index in [9.17, 15) is 0 Å². The van der Waals surface area contributed by atoms with Gasteiger partial charge in [-0.25, -0.2) is 4.57 Å². The van der Waals surface area contributed by atoms with E-state index in [1.54, 1.807) is 0 Å². The molecule has 0 spiro atoms. The van der Waals surface area contributed by atoms with E-state index in [0.29, 0.717) is 0 Å². The van der Waals surface area contributed by atoms with Crippen molar-refractivity contribution < 1.29 is 4.57 Å². The van der Waals surface area contributed by atoms with E-state index in [1.807, 2.05) is 0 Å². The highest BCUT2D eigenvalue weighted by Crippen LogP contribution is 2.55. The molecular weight excluding hydrogens is 434 g/mol. The molecule has 5 rings (SSSR count). The summed E-state index contributed by atoms with van der Waals surface area (Å²) in [7, 11) is 2.22. The van der Waals surface area contributed by atoms with Crippen LogP contribution in [0, 0.1) is 0 Å². The Morgan fingerprint density at radius 3 is 2.25 bits per heavy atom. The molecule has 0 N–H and O–H groups in total. The molecule has 186 valence electrons. The van der Waals surface area contributed by atoms with Crippen LogP contribution in [-0.4, -0.2) is 0 Å². The number of pyridine rings is 1. The maximum atomic E-state index is 2.48. The molecule has 1 heterocycles. The van der Waals surface area contributed by atoms with Crippen LogP contribution >= 0.6 is 0 Å². The van der Waals surface area contributed by atoms with Crippen LogP contribution < -0.4 is 4.57 Å². The monoisotopic (exact) mass is 476 g/mol. The first-order valence-corrected chi connectivity index (χ1v) is 14.0. The molecule has 0 amide bonds. The average molecular weight is 477 g/mol. The van der Waals surface area contributed by atoms with Gasteiger partial charge in [0.2, 0.25) is 5.69 Å². The van der Waals surface area contributed by atoms with Gasteiger partial charge in [0, 0.05) is 11.5 Å². The van der Waals surface area contributed by atoms with E-state index in [4.69, 9.17) is 0 Å². The van der Waals surface area contributed by atoms with Gasteiger partial charge >= 0.3 is 0 Å². The summed E-state index contributed by atoms with van der Waals surface area (Å²) in [5, 5.41) is 2.77. The summed E-state index contributed by atoms with van der Waals surface area (Å²) in [6, 6.07) is 23.2. The standard InChI is InChI=1S/C35H42N/c1-8-11-15-24-16-14-18-26-25(24)22-23-36(7)33(26)28-20-21-30-31(32(28)35(6,9-2)10-3)27-17-12-13-19-29(27)34(30,4)5/h12-14,16-23H,8-11,15H2,1-7H3/q+1. The van der Waals surface area contributed by atoms with Crippen molar-refractivity contribution in [2.75, 3.05) is 0 Å². The molecule has 0 saturated carbocycles. The van der Waals surface area contributed by atoms with Gasteiger partial charge in [0.25, 0.3) is 0 Å². The third-order valence-corrected chi connectivity index (χ3v) is 9.24. The molecule has 1 aromatic heterocycles. The van der Waals surface area contributed by atoms with Gasteiger partial charge in [-0.1, -0.05) is 90.4 Å². The Labute approximate surface area is 218 Å². The maximum Gasteiger partial charge on any atom is 0.220 e. The van der Waals surface area contributed by atoms with Crippen molar-refractivity contribution in [2.45, 2.75) is 84.5 Å². The van der Waals surface area contributed by atoms with E-state index >= 15 is 0 Å². The van der Waals surface area contributed by atoms with Crippen molar-refractivity contribution in [1.82, 2.24) is 0 Å². The Kier molecular flexibility index (Phi) is 6.31. The second-order valence-corrected chi connectivity index (χ2v) is 11.6. The first kappa shape index (κ1) is 24.8. The van der Waals surface area contributed by atoms with Crippen LogP contribution in [0.25, 0.3) is 33.2 Å². The maximum absolute atomic E-state index is 2.48. The van der Waals surface area contributed by atoms with Gasteiger partial charge in [-0.05, 0) is 82.0 Å². The molecule has 1 aliphatic carbocycles. The zero-order valence-corrected chi connectivity index (χ0v) is 23.3. The lowest BCUT2D eigenvalue weighted by Crippen LogP contribution is -2.32. The third-order valence-electron chi connectivity index (χ3n) is 9.24. The minimum Gasteiger partial charge on any atom is -0.200 e. The Balaban J connectivity index is 1.90. The number of hydrogen-bond acceptors (Lipinski definition) is 0. The fourth-order valence-corrected chi connectivity index (χ4v) is 6.61. The number of hydrogen-bond donors (Lipinski definition) is 0. The quantitative estimate of drug-likeness (QED) is 0.234. The van der Waals surface area contributed by atoms with Crippen LogP contribution in [-0.2, 0) is 24.3 Å². The molecule has 4 aromatic rings. The van der Waals surface area contributed by atoms with Crippen molar-refractivity contribution in [3.63, 3.8) is 0 Å². The number of nitrogens with zero attached hydrogens (tertiary/aromatic N) is 1. The van der Waals surface area contributed by atoms with Crippen LogP contribution in [0.3, 0.4) is 0 Å². The van der Waals surface area contributed by atoms with E-state index in [-0.39, 0.29) is 10.8 Å². The van der Waals surface area contributed by atoms with Crippen LogP contribution in [0.1, 0.15) is 89.5 Å². The van der Waals surface area contributed by atoms with Crippen LogP contribution in [0.2, 0.25) is 0 Å². The lowest BCUT2D eigenvalue weighted by Gasteiger charge is -2.33. The van der Waals surface area contributed by atoms with Crippen molar-refractivity contribution in [1.29, 1.82) is 0 Å². The smallest absolute Gasteiger partial charge is 0.200 e. The molecule has 1 aliphatic rings. The van der Waals surface area contributed by atoms with Crippen molar-refractivity contribution in [3.8, 4) is 22.4 Å². The molecule has 0 aliphatic heterocycles. The number of aromatic nitrogens is 1. The summed E-state index contributed by atoms with van der Waals surface area (Å²) < 4.78 is 2.36. The van der Waals surface area contributed by atoms with Gasteiger partial charge in [-0.3, -0.25) is 0 Å². The number of rotatable bonds is 7. The summed E-state index contributed by atoms with van der Waals surface area (Å²) in [5.74, 6) is 0. The highest BCUT2D eigenvalue weighted by atomic mass is 14.9. The molecule has 0 unspecified atom stereocenters. The number of unbranched alkanes of at least 4 members (excludes halogenated alkanes) is 1. The summed E-state index contributed by atoms with van der Waals surface area (Å²) in [4.78, 5) is 0. The SMILES string of the molecule is CCCCc1cccc2c(-c3ccc4c(c3C(C)(CC)CC)-c3ccccc3C4(C)C)[n+](C)ccc12. The van der Waals surface area contributed by atoms with E-state index in [2.05, 4.69) is 120 Å². The Bertz CT molecular complexity index is 1430. The lowest BCUT2D eigenvalue weighted by molar-refractivity contribution is -0.659. The Hall–Kier alpha value is -2.93. The Morgan fingerprint density at radius 1 is 0.778 bits per heavy atom. The predicted octanol–water partition coefficient (Wildman–Crippen LogP) is 9.06. The fourth-order valence-electron chi connectivity index (χ4n) is 6.61. The van der Waals surface area contributed by atoms with Crippen LogP contribution in [0.5, 0.6) is 0 Å².